The number of likely N-dealkylation sites (tertiary alicyclic amines) is 1. The summed E-state index contributed by atoms with van der Waals surface area (Å²) in [5.74, 6) is -1.63. The number of carbonyl (C=O) groups is 3. The molecule has 0 N–H and O–H groups in total. The molecular formula is C22H32N2O8Si. The molecule has 2 rings (SSSR count). The van der Waals surface area contributed by atoms with Crippen LogP contribution in [0.1, 0.15) is 37.6 Å². The fourth-order valence-electron chi connectivity index (χ4n) is 3.49. The number of rotatable bonds is 9. The minimum atomic E-state index is -2.17. The van der Waals surface area contributed by atoms with E-state index in [1.165, 1.54) is 25.2 Å². The fourth-order valence-corrected chi connectivity index (χ4v) is 4.53. The Kier molecular flexibility index (Phi) is 8.02. The third-order valence-corrected chi connectivity index (χ3v) is 11.1. The summed E-state index contributed by atoms with van der Waals surface area (Å²) in [5.41, 5.74) is -0.624. The standard InChI is InChI=1S/C22H32N2O8Si/c1-22(2,3)33(6,7)32-13-15-8-14(18(26)12-25)11-23(15)21(27)16-9-19(30-4)20(31-5)10-17(16)24(28)29/h9-10,12,14-15H,8,11,13H2,1-7H3/t14-,15+/m1/s1. The molecule has 182 valence electrons. The number of nitro groups is 1. The lowest BCUT2D eigenvalue weighted by molar-refractivity contribution is -0.385. The van der Waals surface area contributed by atoms with E-state index in [1.54, 1.807) is 0 Å². The summed E-state index contributed by atoms with van der Waals surface area (Å²) in [6.45, 7) is 10.6. The molecule has 11 heteroatoms. The Morgan fingerprint density at radius 1 is 1.21 bits per heavy atom. The van der Waals surface area contributed by atoms with Gasteiger partial charge in [0.15, 0.2) is 31.9 Å². The number of hydrogen-bond donors (Lipinski definition) is 0. The molecule has 33 heavy (non-hydrogen) atoms. The van der Waals surface area contributed by atoms with E-state index >= 15 is 0 Å². The molecule has 0 saturated carbocycles. The first-order chi connectivity index (χ1) is 15.3. The summed E-state index contributed by atoms with van der Waals surface area (Å²) in [6.07, 6.45) is 0.502. The second-order valence-corrected chi connectivity index (χ2v) is 14.4. The highest BCUT2D eigenvalue weighted by Gasteiger charge is 2.43. The zero-order valence-corrected chi connectivity index (χ0v) is 21.2. The monoisotopic (exact) mass is 480 g/mol. The SMILES string of the molecule is COc1cc(C(=O)N2C[C@H](C(=O)C=O)C[C@H]2CO[Si](C)(C)C(C)(C)C)c([N+](=O)[O-])cc1OC. The number of methoxy groups -OCH3 is 2. The predicted octanol–water partition coefficient (Wildman–Crippen LogP) is 3.23. The van der Waals surface area contributed by atoms with Gasteiger partial charge in [-0.2, -0.15) is 0 Å². The van der Waals surface area contributed by atoms with Crippen LogP contribution in [-0.4, -0.2) is 69.5 Å². The molecule has 2 atom stereocenters. The molecule has 1 aromatic rings. The second-order valence-electron chi connectivity index (χ2n) is 9.62. The molecule has 1 aliphatic heterocycles. The van der Waals surface area contributed by atoms with Gasteiger partial charge in [-0.05, 0) is 24.6 Å². The van der Waals surface area contributed by atoms with Crippen molar-refractivity contribution in [2.75, 3.05) is 27.4 Å². The van der Waals surface area contributed by atoms with Gasteiger partial charge in [-0.15, -0.1) is 0 Å². The maximum atomic E-state index is 13.5. The average Bonchev–Trinajstić information content (AvgIpc) is 3.19. The molecule has 1 fully saturated rings. The molecule has 0 spiro atoms. The van der Waals surface area contributed by atoms with Crippen LogP contribution in [0, 0.1) is 16.0 Å². The van der Waals surface area contributed by atoms with Crippen molar-refractivity contribution in [2.24, 2.45) is 5.92 Å². The Hall–Kier alpha value is -2.79. The lowest BCUT2D eigenvalue weighted by Crippen LogP contribution is -2.46. The van der Waals surface area contributed by atoms with Crippen molar-refractivity contribution in [1.82, 2.24) is 4.90 Å². The molecule has 0 bridgehead atoms. The van der Waals surface area contributed by atoms with Gasteiger partial charge in [0.05, 0.1) is 37.9 Å². The fraction of sp³-hybridized carbons (Fsp3) is 0.591. The maximum absolute atomic E-state index is 13.5. The van der Waals surface area contributed by atoms with Gasteiger partial charge in [0.25, 0.3) is 11.6 Å². The first-order valence-electron chi connectivity index (χ1n) is 10.6. The summed E-state index contributed by atoms with van der Waals surface area (Å²) in [6, 6.07) is 1.89. The van der Waals surface area contributed by atoms with Crippen molar-refractivity contribution in [3.05, 3.63) is 27.8 Å². The van der Waals surface area contributed by atoms with E-state index in [2.05, 4.69) is 33.9 Å². The van der Waals surface area contributed by atoms with Gasteiger partial charge >= 0.3 is 0 Å². The second kappa shape index (κ2) is 10.00. The minimum absolute atomic E-state index is 0.0204. The average molecular weight is 481 g/mol. The van der Waals surface area contributed by atoms with E-state index in [0.717, 1.165) is 6.07 Å². The first-order valence-corrected chi connectivity index (χ1v) is 13.5. The number of aldehydes is 1. The number of nitro benzene ring substituents is 1. The van der Waals surface area contributed by atoms with Crippen molar-refractivity contribution in [2.45, 2.75) is 51.4 Å². The van der Waals surface area contributed by atoms with Crippen LogP contribution in [0.5, 0.6) is 11.5 Å². The van der Waals surface area contributed by atoms with Crippen LogP contribution in [0.25, 0.3) is 0 Å². The number of nitrogens with zero attached hydrogens (tertiary/aromatic N) is 2. The molecule has 1 heterocycles. The van der Waals surface area contributed by atoms with Crippen molar-refractivity contribution in [3.8, 4) is 11.5 Å². The molecule has 1 saturated heterocycles. The minimum Gasteiger partial charge on any atom is -0.493 e. The van der Waals surface area contributed by atoms with Crippen LogP contribution in [-0.2, 0) is 14.0 Å². The van der Waals surface area contributed by atoms with Gasteiger partial charge in [-0.3, -0.25) is 24.5 Å². The topological polar surface area (TPSA) is 125 Å². The lowest BCUT2D eigenvalue weighted by atomic mass is 10.0. The van der Waals surface area contributed by atoms with Gasteiger partial charge in [0, 0.05) is 18.5 Å². The summed E-state index contributed by atoms with van der Waals surface area (Å²) >= 11 is 0. The Bertz CT molecular complexity index is 941. The highest BCUT2D eigenvalue weighted by molar-refractivity contribution is 6.74. The van der Waals surface area contributed by atoms with Crippen LogP contribution in [0.3, 0.4) is 0 Å². The normalized spacial score (nSPS) is 18.7. The number of carbonyl (C=O) groups excluding carboxylic acids is 3. The molecule has 1 amide bonds. The van der Waals surface area contributed by atoms with Crippen molar-refractivity contribution < 1.29 is 33.2 Å². The van der Waals surface area contributed by atoms with Gasteiger partial charge in [0.1, 0.15) is 5.56 Å². The Labute approximate surface area is 194 Å². The largest absolute Gasteiger partial charge is 0.493 e. The van der Waals surface area contributed by atoms with Gasteiger partial charge < -0.3 is 18.8 Å². The quantitative estimate of drug-likeness (QED) is 0.173. The van der Waals surface area contributed by atoms with Gasteiger partial charge in [-0.1, -0.05) is 20.8 Å². The van der Waals surface area contributed by atoms with Gasteiger partial charge in [-0.25, -0.2) is 0 Å². The van der Waals surface area contributed by atoms with Crippen LogP contribution < -0.4 is 9.47 Å². The number of benzene rings is 1. The molecule has 0 aliphatic carbocycles. The van der Waals surface area contributed by atoms with Gasteiger partial charge in [0.2, 0.25) is 0 Å². The highest BCUT2D eigenvalue weighted by Crippen LogP contribution is 2.39. The Morgan fingerprint density at radius 3 is 2.27 bits per heavy atom. The zero-order valence-electron chi connectivity index (χ0n) is 20.2. The van der Waals surface area contributed by atoms with E-state index in [9.17, 15) is 24.5 Å². The van der Waals surface area contributed by atoms with Crippen molar-refractivity contribution in [3.63, 3.8) is 0 Å². The van der Waals surface area contributed by atoms with Crippen molar-refractivity contribution in [1.29, 1.82) is 0 Å². The van der Waals surface area contributed by atoms with Crippen LogP contribution >= 0.6 is 0 Å². The number of hydrogen-bond acceptors (Lipinski definition) is 8. The first kappa shape index (κ1) is 26.5. The molecule has 0 unspecified atom stereocenters. The third-order valence-electron chi connectivity index (χ3n) is 6.57. The van der Waals surface area contributed by atoms with Crippen LogP contribution in [0.15, 0.2) is 12.1 Å². The molecule has 1 aromatic carbocycles. The number of Topliss-reactive ketones (excluding diaryl/α,β-unsaturated/α-hetero) is 1. The number of amides is 1. The Morgan fingerprint density at radius 2 is 1.79 bits per heavy atom. The summed E-state index contributed by atoms with van der Waals surface area (Å²) in [7, 11) is 0.538. The van der Waals surface area contributed by atoms with E-state index < -0.39 is 42.6 Å². The van der Waals surface area contributed by atoms with E-state index in [1.807, 2.05) is 0 Å². The third kappa shape index (κ3) is 5.59. The van der Waals surface area contributed by atoms with E-state index in [-0.39, 0.29) is 48.0 Å². The van der Waals surface area contributed by atoms with E-state index in [4.69, 9.17) is 13.9 Å². The van der Waals surface area contributed by atoms with Crippen LogP contribution in [0.4, 0.5) is 5.69 Å². The summed E-state index contributed by atoms with van der Waals surface area (Å²) < 4.78 is 16.6. The summed E-state index contributed by atoms with van der Waals surface area (Å²) in [4.78, 5) is 49.1. The summed E-state index contributed by atoms with van der Waals surface area (Å²) in [5, 5.41) is 11.6. The predicted molar refractivity (Wildman–Crippen MR) is 123 cm³/mol. The number of ether oxygens (including phenoxy) is 2. The molecule has 0 aromatic heterocycles. The molecule has 1 aliphatic rings. The Balaban J connectivity index is 2.45. The lowest BCUT2D eigenvalue weighted by Gasteiger charge is -2.38. The molecule has 0 radical (unpaired) electrons. The smallest absolute Gasteiger partial charge is 0.286 e. The van der Waals surface area contributed by atoms with Crippen molar-refractivity contribution >= 4 is 32.0 Å². The number of ketones is 1. The highest BCUT2D eigenvalue weighted by atomic mass is 28.4. The maximum Gasteiger partial charge on any atom is 0.286 e. The molecular weight excluding hydrogens is 448 g/mol. The van der Waals surface area contributed by atoms with E-state index in [0.29, 0.717) is 0 Å². The van der Waals surface area contributed by atoms with Crippen LogP contribution in [0.2, 0.25) is 18.1 Å². The molecule has 10 nitrogen and oxygen atoms in total. The zero-order chi connectivity index (χ0) is 25.1.